The third kappa shape index (κ3) is 6.10. The van der Waals surface area contributed by atoms with Crippen molar-refractivity contribution in [2.45, 2.75) is 43.8 Å². The Morgan fingerprint density at radius 1 is 0.952 bits per heavy atom. The average molecular weight is 332 g/mol. The maximum atomic E-state index is 11.5. The van der Waals surface area contributed by atoms with Gasteiger partial charge in [0.15, 0.2) is 0 Å². The largest absolute Gasteiger partial charge is 0.465 e. The standard InChI is InChI=1S/C15H24O4S2/c16-14-12(4-1-7-18-14)6-11-20-9-3-10-21-13-5-2-8-19-15(13)17/h12-13H,1-11H2. The zero-order chi connectivity index (χ0) is 14.9. The molecule has 2 saturated heterocycles. The summed E-state index contributed by atoms with van der Waals surface area (Å²) in [4.78, 5) is 23.0. The first kappa shape index (κ1) is 17.0. The van der Waals surface area contributed by atoms with Crippen LogP contribution in [-0.4, -0.2) is 47.7 Å². The molecule has 120 valence electrons. The molecule has 0 saturated carbocycles. The van der Waals surface area contributed by atoms with E-state index in [1.165, 1.54) is 0 Å². The zero-order valence-corrected chi connectivity index (χ0v) is 14.0. The summed E-state index contributed by atoms with van der Waals surface area (Å²) < 4.78 is 10.1. The molecule has 2 aliphatic rings. The van der Waals surface area contributed by atoms with E-state index in [0.29, 0.717) is 13.2 Å². The van der Waals surface area contributed by atoms with E-state index in [9.17, 15) is 9.59 Å². The first-order valence-electron chi connectivity index (χ1n) is 7.80. The molecule has 21 heavy (non-hydrogen) atoms. The van der Waals surface area contributed by atoms with Crippen molar-refractivity contribution in [2.75, 3.05) is 30.5 Å². The second-order valence-corrected chi connectivity index (χ2v) is 7.97. The van der Waals surface area contributed by atoms with Gasteiger partial charge in [-0.3, -0.25) is 9.59 Å². The van der Waals surface area contributed by atoms with Gasteiger partial charge in [-0.1, -0.05) is 0 Å². The van der Waals surface area contributed by atoms with Gasteiger partial charge in [0.2, 0.25) is 0 Å². The van der Waals surface area contributed by atoms with Gasteiger partial charge in [0.1, 0.15) is 5.25 Å². The zero-order valence-electron chi connectivity index (χ0n) is 12.4. The Morgan fingerprint density at radius 2 is 1.71 bits per heavy atom. The number of carbonyl (C=O) groups excluding carboxylic acids is 2. The number of carbonyl (C=O) groups is 2. The number of esters is 2. The molecule has 2 heterocycles. The minimum atomic E-state index is -0.0327. The summed E-state index contributed by atoms with van der Waals surface area (Å²) in [6, 6.07) is 0. The molecule has 2 aliphatic heterocycles. The molecule has 0 amide bonds. The molecule has 2 atom stereocenters. The first-order valence-corrected chi connectivity index (χ1v) is 10.0. The van der Waals surface area contributed by atoms with Crippen LogP contribution in [0.1, 0.15) is 38.5 Å². The minimum absolute atomic E-state index is 0.00628. The summed E-state index contributed by atoms with van der Waals surface area (Å²) in [5.74, 6) is 3.21. The van der Waals surface area contributed by atoms with Crippen LogP contribution in [0.5, 0.6) is 0 Å². The van der Waals surface area contributed by atoms with Crippen LogP contribution >= 0.6 is 23.5 Å². The highest BCUT2D eigenvalue weighted by Gasteiger charge is 2.24. The van der Waals surface area contributed by atoms with Crippen LogP contribution in [0.25, 0.3) is 0 Å². The molecule has 2 fully saturated rings. The number of hydrogen-bond acceptors (Lipinski definition) is 6. The first-order chi connectivity index (χ1) is 10.3. The topological polar surface area (TPSA) is 52.6 Å². The van der Waals surface area contributed by atoms with E-state index in [2.05, 4.69) is 0 Å². The van der Waals surface area contributed by atoms with Gasteiger partial charge in [-0.25, -0.2) is 0 Å². The van der Waals surface area contributed by atoms with Crippen LogP contribution in [0, 0.1) is 5.92 Å². The third-order valence-electron chi connectivity index (χ3n) is 3.76. The molecule has 0 aromatic carbocycles. The average Bonchev–Trinajstić information content (AvgIpc) is 2.50. The SMILES string of the molecule is O=C1OCCCC1CCSCCCSC1CCCOC1=O. The fraction of sp³-hybridized carbons (Fsp3) is 0.867. The van der Waals surface area contributed by atoms with E-state index in [1.54, 1.807) is 11.8 Å². The van der Waals surface area contributed by atoms with Crippen molar-refractivity contribution in [3.8, 4) is 0 Å². The van der Waals surface area contributed by atoms with Gasteiger partial charge >= 0.3 is 11.9 Å². The molecule has 0 spiro atoms. The monoisotopic (exact) mass is 332 g/mol. The summed E-state index contributed by atoms with van der Waals surface area (Å²) >= 11 is 3.63. The van der Waals surface area contributed by atoms with Crippen LogP contribution < -0.4 is 0 Å². The van der Waals surface area contributed by atoms with E-state index >= 15 is 0 Å². The van der Waals surface area contributed by atoms with Crippen molar-refractivity contribution in [1.29, 1.82) is 0 Å². The summed E-state index contributed by atoms with van der Waals surface area (Å²) in [5, 5.41) is 0.0563. The molecule has 0 N–H and O–H groups in total. The minimum Gasteiger partial charge on any atom is -0.465 e. The summed E-state index contributed by atoms with van der Waals surface area (Å²) in [5.41, 5.74) is 0. The van der Waals surface area contributed by atoms with E-state index in [-0.39, 0.29) is 23.1 Å². The molecule has 0 aliphatic carbocycles. The molecule has 6 heteroatoms. The number of ether oxygens (including phenoxy) is 2. The summed E-state index contributed by atoms with van der Waals surface area (Å²) in [6.45, 7) is 1.19. The van der Waals surface area contributed by atoms with Gasteiger partial charge in [0, 0.05) is 0 Å². The van der Waals surface area contributed by atoms with Crippen molar-refractivity contribution in [1.82, 2.24) is 0 Å². The smallest absolute Gasteiger partial charge is 0.319 e. The Balaban J connectivity index is 1.45. The second-order valence-electron chi connectivity index (χ2n) is 5.43. The summed E-state index contributed by atoms with van der Waals surface area (Å²) in [7, 11) is 0. The van der Waals surface area contributed by atoms with Crippen molar-refractivity contribution < 1.29 is 19.1 Å². The van der Waals surface area contributed by atoms with Gasteiger partial charge in [-0.05, 0) is 55.8 Å². The van der Waals surface area contributed by atoms with E-state index in [0.717, 1.165) is 55.8 Å². The van der Waals surface area contributed by atoms with Crippen LogP contribution in [0.3, 0.4) is 0 Å². The number of rotatable bonds is 8. The van der Waals surface area contributed by atoms with Gasteiger partial charge in [-0.2, -0.15) is 11.8 Å². The van der Waals surface area contributed by atoms with E-state index < -0.39 is 0 Å². The molecule has 4 nitrogen and oxygen atoms in total. The maximum absolute atomic E-state index is 11.5. The maximum Gasteiger partial charge on any atom is 0.319 e. The second kappa shape index (κ2) is 9.62. The molecular weight excluding hydrogens is 308 g/mol. The lowest BCUT2D eigenvalue weighted by Crippen LogP contribution is -2.26. The number of cyclic esters (lactones) is 2. The molecule has 0 aromatic rings. The molecule has 0 radical (unpaired) electrons. The van der Waals surface area contributed by atoms with Crippen LogP contribution in [-0.2, 0) is 19.1 Å². The van der Waals surface area contributed by atoms with Crippen molar-refractivity contribution in [3.63, 3.8) is 0 Å². The van der Waals surface area contributed by atoms with Gasteiger partial charge in [0.05, 0.1) is 19.1 Å². The highest BCUT2D eigenvalue weighted by Crippen LogP contribution is 2.24. The molecular formula is C15H24O4S2. The van der Waals surface area contributed by atoms with Crippen LogP contribution in [0.15, 0.2) is 0 Å². The Morgan fingerprint density at radius 3 is 2.48 bits per heavy atom. The predicted octanol–water partition coefficient (Wildman–Crippen LogP) is 2.89. The molecule has 2 rings (SSSR count). The van der Waals surface area contributed by atoms with Crippen LogP contribution in [0.2, 0.25) is 0 Å². The van der Waals surface area contributed by atoms with Crippen molar-refractivity contribution in [3.05, 3.63) is 0 Å². The fourth-order valence-electron chi connectivity index (χ4n) is 2.52. The third-order valence-corrected chi connectivity index (χ3v) is 6.21. The van der Waals surface area contributed by atoms with Crippen LogP contribution in [0.4, 0.5) is 0 Å². The quantitative estimate of drug-likeness (QED) is 0.503. The lowest BCUT2D eigenvalue weighted by atomic mass is 9.99. The predicted molar refractivity (Wildman–Crippen MR) is 86.7 cm³/mol. The van der Waals surface area contributed by atoms with Gasteiger partial charge in [0.25, 0.3) is 0 Å². The van der Waals surface area contributed by atoms with Crippen molar-refractivity contribution >= 4 is 35.5 Å². The number of thioether (sulfide) groups is 2. The van der Waals surface area contributed by atoms with Crippen molar-refractivity contribution in [2.24, 2.45) is 5.92 Å². The Labute approximate surface area is 135 Å². The molecule has 2 unspecified atom stereocenters. The highest BCUT2D eigenvalue weighted by atomic mass is 32.2. The number of hydrogen-bond donors (Lipinski definition) is 0. The fourth-order valence-corrected chi connectivity index (χ4v) is 4.84. The lowest BCUT2D eigenvalue weighted by molar-refractivity contribution is -0.152. The van der Waals surface area contributed by atoms with E-state index in [1.807, 2.05) is 11.8 Å². The van der Waals surface area contributed by atoms with E-state index in [4.69, 9.17) is 9.47 Å². The Bertz CT molecular complexity index is 317. The lowest BCUT2D eigenvalue weighted by Gasteiger charge is -2.20. The van der Waals surface area contributed by atoms with Gasteiger partial charge in [-0.15, -0.1) is 11.8 Å². The Kier molecular flexibility index (Phi) is 7.78. The Hall–Kier alpha value is -0.360. The molecule has 0 aromatic heterocycles. The van der Waals surface area contributed by atoms with Gasteiger partial charge < -0.3 is 9.47 Å². The molecule has 0 bridgehead atoms. The normalized spacial score (nSPS) is 26.3. The highest BCUT2D eigenvalue weighted by molar-refractivity contribution is 8.01. The summed E-state index contributed by atoms with van der Waals surface area (Å²) in [6.07, 6.45) is 5.99.